The van der Waals surface area contributed by atoms with E-state index in [2.05, 4.69) is 15.7 Å². The third kappa shape index (κ3) is 3.02. The number of benzene rings is 1. The second-order valence-electron chi connectivity index (χ2n) is 6.69. The molecule has 1 aromatic carbocycles. The second kappa shape index (κ2) is 6.33. The summed E-state index contributed by atoms with van der Waals surface area (Å²) in [5.41, 5.74) is 1.84. The number of hydrogen-bond acceptors (Lipinski definition) is 4. The van der Waals surface area contributed by atoms with Crippen molar-refractivity contribution in [2.45, 2.75) is 31.5 Å². The van der Waals surface area contributed by atoms with Crippen molar-refractivity contribution in [1.29, 1.82) is 0 Å². The number of rotatable bonds is 3. The number of fused-ring (bicyclic) bond motifs is 2. The SMILES string of the molecule is CC(NC(=O)C(=O)N1C[C@@H]2C[C@H]1CN2)c1cccc(-n2cccn2)c1. The molecule has 2 N–H and O–H groups in total. The lowest BCUT2D eigenvalue weighted by atomic mass is 10.1. The summed E-state index contributed by atoms with van der Waals surface area (Å²) in [7, 11) is 0. The highest BCUT2D eigenvalue weighted by atomic mass is 16.2. The zero-order chi connectivity index (χ0) is 17.4. The summed E-state index contributed by atoms with van der Waals surface area (Å²) in [4.78, 5) is 26.5. The Morgan fingerprint density at radius 2 is 2.24 bits per heavy atom. The highest BCUT2D eigenvalue weighted by Crippen LogP contribution is 2.23. The summed E-state index contributed by atoms with van der Waals surface area (Å²) >= 11 is 0. The van der Waals surface area contributed by atoms with Crippen LogP contribution in [0.25, 0.3) is 5.69 Å². The Morgan fingerprint density at radius 3 is 2.92 bits per heavy atom. The van der Waals surface area contributed by atoms with Crippen LogP contribution in [0.5, 0.6) is 0 Å². The van der Waals surface area contributed by atoms with Gasteiger partial charge in [0.15, 0.2) is 0 Å². The number of aromatic nitrogens is 2. The summed E-state index contributed by atoms with van der Waals surface area (Å²) in [5.74, 6) is -0.964. The van der Waals surface area contributed by atoms with E-state index in [9.17, 15) is 9.59 Å². The van der Waals surface area contributed by atoms with Crippen molar-refractivity contribution in [2.75, 3.05) is 13.1 Å². The lowest BCUT2D eigenvalue weighted by molar-refractivity contribution is -0.147. The number of carbonyl (C=O) groups excluding carboxylic acids is 2. The molecule has 2 amide bonds. The molecular weight excluding hydrogens is 318 g/mol. The molecule has 3 heterocycles. The van der Waals surface area contributed by atoms with Gasteiger partial charge in [-0.3, -0.25) is 9.59 Å². The lowest BCUT2D eigenvalue weighted by Crippen LogP contribution is -2.51. The van der Waals surface area contributed by atoms with E-state index < -0.39 is 11.8 Å². The molecule has 0 saturated carbocycles. The zero-order valence-electron chi connectivity index (χ0n) is 14.1. The van der Waals surface area contributed by atoms with Crippen molar-refractivity contribution in [3.8, 4) is 5.69 Å². The zero-order valence-corrected chi connectivity index (χ0v) is 14.1. The van der Waals surface area contributed by atoms with Crippen LogP contribution in [0.15, 0.2) is 42.7 Å². The number of amides is 2. The molecule has 25 heavy (non-hydrogen) atoms. The first-order valence-electron chi connectivity index (χ1n) is 8.56. The highest BCUT2D eigenvalue weighted by Gasteiger charge is 2.42. The average molecular weight is 339 g/mol. The minimum atomic E-state index is -0.537. The van der Waals surface area contributed by atoms with Crippen molar-refractivity contribution < 1.29 is 9.59 Å². The Kier molecular flexibility index (Phi) is 4.01. The number of hydrogen-bond donors (Lipinski definition) is 2. The van der Waals surface area contributed by atoms with E-state index in [1.54, 1.807) is 15.8 Å². The topological polar surface area (TPSA) is 79.3 Å². The van der Waals surface area contributed by atoms with Gasteiger partial charge in [-0.05, 0) is 37.1 Å². The maximum atomic E-state index is 12.4. The highest BCUT2D eigenvalue weighted by molar-refractivity contribution is 6.35. The van der Waals surface area contributed by atoms with Crippen LogP contribution in [0.2, 0.25) is 0 Å². The van der Waals surface area contributed by atoms with E-state index in [0.29, 0.717) is 12.6 Å². The fourth-order valence-electron chi connectivity index (χ4n) is 3.64. The summed E-state index contributed by atoms with van der Waals surface area (Å²) in [6.45, 7) is 3.29. The molecule has 1 unspecified atom stereocenters. The van der Waals surface area contributed by atoms with Crippen LogP contribution in [0, 0.1) is 0 Å². The van der Waals surface area contributed by atoms with Crippen LogP contribution in [0.1, 0.15) is 24.9 Å². The van der Waals surface area contributed by atoms with Crippen LogP contribution in [-0.4, -0.2) is 51.7 Å². The maximum Gasteiger partial charge on any atom is 0.312 e. The van der Waals surface area contributed by atoms with Crippen molar-refractivity contribution in [3.05, 3.63) is 48.3 Å². The second-order valence-corrected chi connectivity index (χ2v) is 6.69. The van der Waals surface area contributed by atoms with Crippen LogP contribution < -0.4 is 10.6 Å². The van der Waals surface area contributed by atoms with Gasteiger partial charge in [-0.2, -0.15) is 5.10 Å². The molecule has 0 spiro atoms. The van der Waals surface area contributed by atoms with E-state index in [4.69, 9.17) is 0 Å². The normalized spacial score (nSPS) is 22.8. The van der Waals surface area contributed by atoms with Crippen molar-refractivity contribution in [3.63, 3.8) is 0 Å². The first kappa shape index (κ1) is 15.8. The van der Waals surface area contributed by atoms with E-state index in [1.165, 1.54) is 0 Å². The third-order valence-corrected chi connectivity index (χ3v) is 5.00. The molecule has 2 aromatic rings. The van der Waals surface area contributed by atoms with Gasteiger partial charge in [-0.15, -0.1) is 0 Å². The monoisotopic (exact) mass is 339 g/mol. The molecule has 7 heteroatoms. The number of piperazine rings is 1. The average Bonchev–Trinajstić information content (AvgIpc) is 3.38. The molecule has 4 rings (SSSR count). The van der Waals surface area contributed by atoms with Gasteiger partial charge in [-0.1, -0.05) is 12.1 Å². The number of likely N-dealkylation sites (tertiary alicyclic amines) is 1. The molecule has 3 atom stereocenters. The van der Waals surface area contributed by atoms with Gasteiger partial charge < -0.3 is 15.5 Å². The van der Waals surface area contributed by atoms with Crippen molar-refractivity contribution >= 4 is 11.8 Å². The summed E-state index contributed by atoms with van der Waals surface area (Å²) in [6.07, 6.45) is 4.53. The minimum absolute atomic E-state index is 0.154. The van der Waals surface area contributed by atoms with E-state index in [-0.39, 0.29) is 12.1 Å². The molecule has 2 fully saturated rings. The molecule has 2 aliphatic heterocycles. The van der Waals surface area contributed by atoms with Gasteiger partial charge in [0, 0.05) is 37.6 Å². The molecule has 7 nitrogen and oxygen atoms in total. The van der Waals surface area contributed by atoms with Crippen molar-refractivity contribution in [1.82, 2.24) is 25.3 Å². The number of nitrogens with one attached hydrogen (secondary N) is 2. The van der Waals surface area contributed by atoms with Gasteiger partial charge >= 0.3 is 11.8 Å². The minimum Gasteiger partial charge on any atom is -0.341 e. The lowest BCUT2D eigenvalue weighted by Gasteiger charge is -2.27. The summed E-state index contributed by atoms with van der Waals surface area (Å²) < 4.78 is 1.76. The van der Waals surface area contributed by atoms with Gasteiger partial charge in [0.05, 0.1) is 11.7 Å². The van der Waals surface area contributed by atoms with Gasteiger partial charge in [0.2, 0.25) is 0 Å². The fraction of sp³-hybridized carbons (Fsp3) is 0.389. The molecule has 2 bridgehead atoms. The van der Waals surface area contributed by atoms with Gasteiger partial charge in [0.25, 0.3) is 0 Å². The van der Waals surface area contributed by atoms with Crippen LogP contribution >= 0.6 is 0 Å². The Morgan fingerprint density at radius 1 is 1.36 bits per heavy atom. The van der Waals surface area contributed by atoms with E-state index >= 15 is 0 Å². The maximum absolute atomic E-state index is 12.4. The first-order valence-corrected chi connectivity index (χ1v) is 8.56. The molecule has 0 radical (unpaired) electrons. The van der Waals surface area contributed by atoms with E-state index in [1.807, 2.05) is 43.5 Å². The van der Waals surface area contributed by atoms with Crippen LogP contribution in [0.4, 0.5) is 0 Å². The molecule has 0 aliphatic carbocycles. The van der Waals surface area contributed by atoms with Crippen LogP contribution in [-0.2, 0) is 9.59 Å². The Balaban J connectivity index is 1.43. The number of nitrogens with zero attached hydrogens (tertiary/aromatic N) is 3. The predicted molar refractivity (Wildman–Crippen MR) is 92.0 cm³/mol. The smallest absolute Gasteiger partial charge is 0.312 e. The molecule has 1 aromatic heterocycles. The van der Waals surface area contributed by atoms with Crippen molar-refractivity contribution in [2.24, 2.45) is 0 Å². The standard InChI is InChI=1S/C18H21N5O2/c1-12(13-4-2-5-15(8-13)23-7-3-6-20-23)21-17(24)18(25)22-11-14-9-16(22)10-19-14/h2-8,12,14,16,19H,9-11H2,1H3,(H,21,24)/t12?,14-,16-/m0/s1. The predicted octanol–water partition coefficient (Wildman–Crippen LogP) is 0.622. The van der Waals surface area contributed by atoms with E-state index in [0.717, 1.165) is 24.2 Å². The molecule has 2 aliphatic rings. The van der Waals surface area contributed by atoms with Gasteiger partial charge in [-0.25, -0.2) is 4.68 Å². The largest absolute Gasteiger partial charge is 0.341 e. The van der Waals surface area contributed by atoms with Crippen LogP contribution in [0.3, 0.4) is 0 Å². The Hall–Kier alpha value is -2.67. The molecule has 2 saturated heterocycles. The third-order valence-electron chi connectivity index (χ3n) is 5.00. The first-order chi connectivity index (χ1) is 12.1. The summed E-state index contributed by atoms with van der Waals surface area (Å²) in [5, 5.41) is 10.4. The Labute approximate surface area is 146 Å². The fourth-order valence-corrected chi connectivity index (χ4v) is 3.64. The quantitative estimate of drug-likeness (QED) is 0.804. The summed E-state index contributed by atoms with van der Waals surface area (Å²) in [6, 6.07) is 9.85. The molecular formula is C18H21N5O2. The number of carbonyl (C=O) groups is 2. The van der Waals surface area contributed by atoms with Gasteiger partial charge in [0.1, 0.15) is 0 Å². The Bertz CT molecular complexity index is 789. The molecule has 130 valence electrons.